The number of benzene rings is 3. The van der Waals surface area contributed by atoms with Gasteiger partial charge in [-0.3, -0.25) is 4.79 Å². The molecular formula is C31H33Cl2N3O3. The molecule has 0 radical (unpaired) electrons. The molecule has 204 valence electrons. The molecular weight excluding hydrogens is 533 g/mol. The number of halogens is 2. The molecule has 0 saturated heterocycles. The fraction of sp³-hybridized carbons (Fsp3) is 0.323. The molecule has 0 aromatic heterocycles. The third kappa shape index (κ3) is 7.69. The summed E-state index contributed by atoms with van der Waals surface area (Å²) in [6.07, 6.45) is 7.20. The van der Waals surface area contributed by atoms with E-state index in [1.807, 2.05) is 44.2 Å². The lowest BCUT2D eigenvalue weighted by atomic mass is 9.86. The number of nitroso groups, excluding NO2 is 2. The van der Waals surface area contributed by atoms with E-state index in [1.165, 1.54) is 29.2 Å². The van der Waals surface area contributed by atoms with Crippen LogP contribution in [0.2, 0.25) is 5.02 Å². The molecule has 1 aliphatic carbocycles. The van der Waals surface area contributed by atoms with Gasteiger partial charge in [-0.2, -0.15) is 0 Å². The Bertz CT molecular complexity index is 1340. The van der Waals surface area contributed by atoms with Crippen LogP contribution in [0.15, 0.2) is 71.0 Å². The number of rotatable bonds is 5. The van der Waals surface area contributed by atoms with Crippen molar-refractivity contribution in [3.8, 4) is 0 Å². The molecule has 5 rings (SSSR count). The average Bonchev–Trinajstić information content (AvgIpc) is 3.37. The molecule has 0 saturated carbocycles. The van der Waals surface area contributed by atoms with Crippen LogP contribution >= 0.6 is 23.2 Å². The molecule has 0 fully saturated rings. The summed E-state index contributed by atoms with van der Waals surface area (Å²) in [6.45, 7) is 5.66. The van der Waals surface area contributed by atoms with Gasteiger partial charge in [-0.1, -0.05) is 80.1 Å². The molecule has 0 bridgehead atoms. The molecule has 3 aromatic rings. The first-order valence-electron chi connectivity index (χ1n) is 13.2. The van der Waals surface area contributed by atoms with Crippen LogP contribution in [0.4, 0.5) is 11.4 Å². The molecule has 8 heteroatoms. The molecule has 0 spiro atoms. The van der Waals surface area contributed by atoms with Gasteiger partial charge < -0.3 is 4.90 Å². The van der Waals surface area contributed by atoms with E-state index < -0.39 is 5.24 Å². The molecule has 1 atom stereocenters. The second-order valence-electron chi connectivity index (χ2n) is 9.30. The van der Waals surface area contributed by atoms with E-state index in [-0.39, 0.29) is 22.3 Å². The van der Waals surface area contributed by atoms with Crippen molar-refractivity contribution < 1.29 is 4.79 Å². The lowest BCUT2D eigenvalue weighted by Crippen LogP contribution is -2.24. The zero-order chi connectivity index (χ0) is 28.4. The van der Waals surface area contributed by atoms with Crippen molar-refractivity contribution in [1.29, 1.82) is 0 Å². The Morgan fingerprint density at radius 1 is 0.974 bits per heavy atom. The summed E-state index contributed by atoms with van der Waals surface area (Å²) >= 11 is 11.6. The van der Waals surface area contributed by atoms with Crippen LogP contribution in [0.5, 0.6) is 0 Å². The van der Waals surface area contributed by atoms with Gasteiger partial charge in [-0.15, -0.1) is 9.81 Å². The molecule has 3 aromatic carbocycles. The third-order valence-electron chi connectivity index (χ3n) is 6.89. The minimum atomic E-state index is -0.450. The Balaban J connectivity index is 0.000000272. The first kappa shape index (κ1) is 30.4. The maximum Gasteiger partial charge on any atom is 0.245 e. The molecule has 1 aliphatic heterocycles. The Hall–Kier alpha value is -3.19. The topological polar surface area (TPSA) is 79.2 Å². The van der Waals surface area contributed by atoms with Crippen molar-refractivity contribution in [2.45, 2.75) is 45.4 Å². The highest BCUT2D eigenvalue weighted by Gasteiger charge is 2.28. The summed E-state index contributed by atoms with van der Waals surface area (Å²) in [4.78, 5) is 35.0. The SMILES string of the molecule is CC.CN1CCc2c(cc(N=O)c(N=O)c2Cl)C(c2ccc3c(c2)CCC3)C1.O=C(Cl)/C=C/c1ccccc1. The number of carbonyl (C=O) groups is 1. The summed E-state index contributed by atoms with van der Waals surface area (Å²) in [5, 5.41) is 5.78. The van der Waals surface area contributed by atoms with Gasteiger partial charge in [0.05, 0.1) is 5.02 Å². The molecule has 0 N–H and O–H groups in total. The van der Waals surface area contributed by atoms with Crippen LogP contribution in [0, 0.1) is 9.81 Å². The Kier molecular flexibility index (Phi) is 11.5. The predicted molar refractivity (Wildman–Crippen MR) is 162 cm³/mol. The van der Waals surface area contributed by atoms with Crippen LogP contribution in [-0.2, 0) is 24.1 Å². The number of carbonyl (C=O) groups excluding carboxylic acids is 1. The van der Waals surface area contributed by atoms with E-state index in [0.29, 0.717) is 6.42 Å². The summed E-state index contributed by atoms with van der Waals surface area (Å²) in [7, 11) is 2.08. The Morgan fingerprint density at radius 3 is 2.36 bits per heavy atom. The quantitative estimate of drug-likeness (QED) is 0.176. The molecule has 6 nitrogen and oxygen atoms in total. The Labute approximate surface area is 240 Å². The van der Waals surface area contributed by atoms with Crippen LogP contribution in [0.1, 0.15) is 59.6 Å². The monoisotopic (exact) mass is 565 g/mol. The summed E-state index contributed by atoms with van der Waals surface area (Å²) in [5.41, 5.74) is 6.92. The number of aryl methyl sites for hydroxylation is 2. The first-order chi connectivity index (χ1) is 18.9. The van der Waals surface area contributed by atoms with Gasteiger partial charge >= 0.3 is 0 Å². The van der Waals surface area contributed by atoms with E-state index in [2.05, 4.69) is 40.5 Å². The van der Waals surface area contributed by atoms with Crippen LogP contribution in [0.3, 0.4) is 0 Å². The fourth-order valence-electron chi connectivity index (χ4n) is 5.03. The second kappa shape index (κ2) is 14.8. The fourth-order valence-corrected chi connectivity index (χ4v) is 5.43. The predicted octanol–water partition coefficient (Wildman–Crippen LogP) is 8.74. The van der Waals surface area contributed by atoms with Gasteiger partial charge in [0.15, 0.2) is 5.69 Å². The Morgan fingerprint density at radius 2 is 1.69 bits per heavy atom. The lowest BCUT2D eigenvalue weighted by molar-refractivity contribution is -0.107. The van der Waals surface area contributed by atoms with E-state index in [1.54, 1.807) is 12.1 Å². The van der Waals surface area contributed by atoms with Crippen molar-refractivity contribution in [3.05, 3.63) is 109 Å². The number of nitrogens with zero attached hydrogens (tertiary/aromatic N) is 3. The molecule has 2 aliphatic rings. The van der Waals surface area contributed by atoms with E-state index in [4.69, 9.17) is 23.2 Å². The molecule has 0 amide bonds. The van der Waals surface area contributed by atoms with Crippen molar-refractivity contribution in [2.75, 3.05) is 20.1 Å². The highest BCUT2D eigenvalue weighted by molar-refractivity contribution is 6.66. The van der Waals surface area contributed by atoms with Gasteiger partial charge in [-0.05, 0) is 100 Å². The van der Waals surface area contributed by atoms with E-state index >= 15 is 0 Å². The smallest absolute Gasteiger partial charge is 0.245 e. The normalized spacial score (nSPS) is 16.1. The summed E-state index contributed by atoms with van der Waals surface area (Å²) < 4.78 is 0. The van der Waals surface area contributed by atoms with Crippen LogP contribution in [-0.4, -0.2) is 30.3 Å². The minimum Gasteiger partial charge on any atom is -0.305 e. The highest BCUT2D eigenvalue weighted by atomic mass is 35.5. The van der Waals surface area contributed by atoms with Gasteiger partial charge in [0.25, 0.3) is 0 Å². The zero-order valence-electron chi connectivity index (χ0n) is 22.5. The van der Waals surface area contributed by atoms with E-state index in [9.17, 15) is 14.6 Å². The van der Waals surface area contributed by atoms with Crippen molar-refractivity contribution >= 4 is 45.9 Å². The van der Waals surface area contributed by atoms with E-state index in [0.717, 1.165) is 42.6 Å². The minimum absolute atomic E-state index is 0.0273. The summed E-state index contributed by atoms with van der Waals surface area (Å²) in [6, 6.07) is 17.9. The molecule has 1 unspecified atom stereocenters. The maximum absolute atomic E-state index is 11.3. The van der Waals surface area contributed by atoms with Crippen LogP contribution < -0.4 is 0 Å². The average molecular weight is 567 g/mol. The summed E-state index contributed by atoms with van der Waals surface area (Å²) in [5.74, 6) is 0.0853. The number of allylic oxidation sites excluding steroid dienone is 1. The van der Waals surface area contributed by atoms with Gasteiger partial charge in [-0.25, -0.2) is 0 Å². The highest BCUT2D eigenvalue weighted by Crippen LogP contribution is 2.45. The van der Waals surface area contributed by atoms with Gasteiger partial charge in [0, 0.05) is 19.0 Å². The van der Waals surface area contributed by atoms with Gasteiger partial charge in [0.1, 0.15) is 5.69 Å². The van der Waals surface area contributed by atoms with Crippen molar-refractivity contribution in [3.63, 3.8) is 0 Å². The van der Waals surface area contributed by atoms with Crippen molar-refractivity contribution in [1.82, 2.24) is 4.90 Å². The molecule has 39 heavy (non-hydrogen) atoms. The second-order valence-corrected chi connectivity index (χ2v) is 10.1. The third-order valence-corrected chi connectivity index (χ3v) is 7.42. The number of likely N-dealkylation sites (N-methyl/N-ethyl adjacent to an activating group) is 1. The largest absolute Gasteiger partial charge is 0.305 e. The number of hydrogen-bond donors (Lipinski definition) is 0. The lowest BCUT2D eigenvalue weighted by Gasteiger charge is -2.23. The maximum atomic E-state index is 11.3. The van der Waals surface area contributed by atoms with Gasteiger partial charge in [0.2, 0.25) is 5.24 Å². The van der Waals surface area contributed by atoms with Crippen LogP contribution in [0.25, 0.3) is 6.08 Å². The zero-order valence-corrected chi connectivity index (χ0v) is 24.0. The first-order valence-corrected chi connectivity index (χ1v) is 13.9. The number of hydrogen-bond acceptors (Lipinski definition) is 6. The van der Waals surface area contributed by atoms with Crippen molar-refractivity contribution in [2.24, 2.45) is 10.4 Å². The number of fused-ring (bicyclic) bond motifs is 2. The molecule has 1 heterocycles. The standard InChI is InChI=1S/C20H20ClN3O2.C9H7ClO.C2H6/c1-24-8-7-15-16(10-18(22-25)20(23-26)19(15)21)17(11-24)14-6-5-12-3-2-4-13(12)9-14;10-9(11)7-6-8-4-2-1-3-5-8;1-2/h5-6,9-10,17H,2-4,7-8,11H2,1H3;1-7H;1-2H3/b;7-6+;.